The zero-order valence-corrected chi connectivity index (χ0v) is 16.9. The normalized spacial score (nSPS) is 21.3. The van der Waals surface area contributed by atoms with Crippen molar-refractivity contribution in [2.45, 2.75) is 46.1 Å². The molecule has 27 heavy (non-hydrogen) atoms. The maximum absolute atomic E-state index is 12.6. The molecule has 0 spiro atoms. The number of nitrogens with zero attached hydrogens (tertiary/aromatic N) is 1. The Balaban J connectivity index is 1.69. The molecular formula is C21H26N2O3S. The highest BCUT2D eigenvalue weighted by molar-refractivity contribution is 8.04. The number of rotatable bonds is 4. The standard InChI is InChI=1S/C21H26N2O3S/c1-21(2,3)17(24)11-20-23(19(26)13-27-20)12-18(25)22-16-10-6-8-14-7-4-5-9-15(14)16/h4-5,7,9,11,16H,6,8,10,12-13H2,1-3H3,(H,22,25)/b20-11-/t16-/m0/s1. The van der Waals surface area contributed by atoms with Crippen molar-refractivity contribution in [1.82, 2.24) is 10.2 Å². The zero-order chi connectivity index (χ0) is 19.6. The van der Waals surface area contributed by atoms with Gasteiger partial charge in [0, 0.05) is 11.5 Å². The fraction of sp³-hybridized carbons (Fsp3) is 0.476. The van der Waals surface area contributed by atoms with Crippen molar-refractivity contribution < 1.29 is 14.4 Å². The first-order valence-corrected chi connectivity index (χ1v) is 10.3. The van der Waals surface area contributed by atoms with Crippen LogP contribution < -0.4 is 5.32 Å². The highest BCUT2D eigenvalue weighted by Gasteiger charge is 2.31. The van der Waals surface area contributed by atoms with E-state index in [2.05, 4.69) is 17.4 Å². The number of carbonyl (C=O) groups is 3. The van der Waals surface area contributed by atoms with Gasteiger partial charge in [-0.1, -0.05) is 56.8 Å². The predicted molar refractivity (Wildman–Crippen MR) is 107 cm³/mol. The quantitative estimate of drug-likeness (QED) is 0.807. The molecule has 144 valence electrons. The molecule has 1 fully saturated rings. The monoisotopic (exact) mass is 386 g/mol. The van der Waals surface area contributed by atoms with Gasteiger partial charge in [-0.15, -0.1) is 0 Å². The molecule has 3 rings (SSSR count). The van der Waals surface area contributed by atoms with Crippen LogP contribution in [0.15, 0.2) is 35.4 Å². The molecule has 1 aliphatic carbocycles. The third kappa shape index (κ3) is 4.61. The van der Waals surface area contributed by atoms with Crippen molar-refractivity contribution >= 4 is 29.4 Å². The number of hydrogen-bond acceptors (Lipinski definition) is 4. The predicted octanol–water partition coefficient (Wildman–Crippen LogP) is 3.21. The topological polar surface area (TPSA) is 66.5 Å². The molecule has 2 aliphatic rings. The van der Waals surface area contributed by atoms with Crippen LogP contribution in [0.2, 0.25) is 0 Å². The average Bonchev–Trinajstić information content (AvgIpc) is 2.94. The molecule has 2 amide bonds. The van der Waals surface area contributed by atoms with Crippen LogP contribution >= 0.6 is 11.8 Å². The van der Waals surface area contributed by atoms with Crippen molar-refractivity contribution in [3.05, 3.63) is 46.5 Å². The number of carbonyl (C=O) groups excluding carboxylic acids is 3. The summed E-state index contributed by atoms with van der Waals surface area (Å²) in [7, 11) is 0. The Bertz CT molecular complexity index is 795. The van der Waals surface area contributed by atoms with Gasteiger partial charge in [0.15, 0.2) is 5.78 Å². The van der Waals surface area contributed by atoms with Gasteiger partial charge in [-0.3, -0.25) is 19.3 Å². The second-order valence-corrected chi connectivity index (χ2v) is 9.07. The van der Waals surface area contributed by atoms with E-state index in [1.807, 2.05) is 32.9 Å². The molecule has 6 heteroatoms. The number of benzene rings is 1. The van der Waals surface area contributed by atoms with Gasteiger partial charge in [-0.2, -0.15) is 0 Å². The van der Waals surface area contributed by atoms with Crippen LogP contribution in [0, 0.1) is 5.41 Å². The number of hydrogen-bond donors (Lipinski definition) is 1. The summed E-state index contributed by atoms with van der Waals surface area (Å²) in [6.07, 6.45) is 4.46. The summed E-state index contributed by atoms with van der Waals surface area (Å²) in [4.78, 5) is 38.6. The van der Waals surface area contributed by atoms with E-state index in [9.17, 15) is 14.4 Å². The lowest BCUT2D eigenvalue weighted by Gasteiger charge is -2.27. The van der Waals surface area contributed by atoms with E-state index in [4.69, 9.17) is 0 Å². The second-order valence-electron chi connectivity index (χ2n) is 8.08. The lowest BCUT2D eigenvalue weighted by atomic mass is 9.88. The van der Waals surface area contributed by atoms with E-state index < -0.39 is 5.41 Å². The van der Waals surface area contributed by atoms with E-state index in [0.29, 0.717) is 5.03 Å². The van der Waals surface area contributed by atoms with Crippen molar-refractivity contribution in [2.75, 3.05) is 12.3 Å². The molecule has 1 N–H and O–H groups in total. The van der Waals surface area contributed by atoms with Crippen LogP contribution in [0.3, 0.4) is 0 Å². The zero-order valence-electron chi connectivity index (χ0n) is 16.1. The Hall–Kier alpha value is -2.08. The first-order valence-electron chi connectivity index (χ1n) is 9.32. The summed E-state index contributed by atoms with van der Waals surface area (Å²) in [5.74, 6) is -0.108. The van der Waals surface area contributed by atoms with Gasteiger partial charge in [0.05, 0.1) is 16.8 Å². The molecule has 1 aromatic carbocycles. The van der Waals surface area contributed by atoms with Gasteiger partial charge in [0.25, 0.3) is 0 Å². The van der Waals surface area contributed by atoms with Gasteiger partial charge in [0.1, 0.15) is 6.54 Å². The highest BCUT2D eigenvalue weighted by Crippen LogP contribution is 2.31. The molecule has 0 bridgehead atoms. The first kappa shape index (κ1) is 19.7. The molecular weight excluding hydrogens is 360 g/mol. The van der Waals surface area contributed by atoms with Gasteiger partial charge in [-0.05, 0) is 30.4 Å². The minimum absolute atomic E-state index is 0.0172. The Morgan fingerprint density at radius 2 is 2.04 bits per heavy atom. The van der Waals surface area contributed by atoms with Crippen LogP contribution in [0.25, 0.3) is 0 Å². The Labute approximate surface area is 164 Å². The first-order chi connectivity index (χ1) is 12.8. The number of thioether (sulfide) groups is 1. The number of allylic oxidation sites excluding steroid dienone is 1. The Kier molecular flexibility index (Phi) is 5.75. The lowest BCUT2D eigenvalue weighted by Crippen LogP contribution is -2.40. The average molecular weight is 387 g/mol. The summed E-state index contributed by atoms with van der Waals surface area (Å²) in [6.45, 7) is 5.47. The van der Waals surface area contributed by atoms with Crippen molar-refractivity contribution in [2.24, 2.45) is 5.41 Å². The van der Waals surface area contributed by atoms with Crippen LogP contribution in [0.5, 0.6) is 0 Å². The number of fused-ring (bicyclic) bond motifs is 1. The van der Waals surface area contributed by atoms with Gasteiger partial charge < -0.3 is 5.32 Å². The molecule has 1 heterocycles. The fourth-order valence-electron chi connectivity index (χ4n) is 3.32. The third-order valence-electron chi connectivity index (χ3n) is 4.91. The van der Waals surface area contributed by atoms with Gasteiger partial charge >= 0.3 is 0 Å². The smallest absolute Gasteiger partial charge is 0.240 e. The molecule has 1 saturated heterocycles. The van der Waals surface area contributed by atoms with Crippen molar-refractivity contribution in [3.8, 4) is 0 Å². The Morgan fingerprint density at radius 1 is 1.30 bits per heavy atom. The van der Waals surface area contributed by atoms with Crippen molar-refractivity contribution in [1.29, 1.82) is 0 Å². The largest absolute Gasteiger partial charge is 0.348 e. The summed E-state index contributed by atoms with van der Waals surface area (Å²) in [6, 6.07) is 8.16. The van der Waals surface area contributed by atoms with Crippen LogP contribution in [-0.4, -0.2) is 34.8 Å². The second kappa shape index (κ2) is 7.89. The van der Waals surface area contributed by atoms with E-state index >= 15 is 0 Å². The molecule has 0 radical (unpaired) electrons. The van der Waals surface area contributed by atoms with Crippen LogP contribution in [0.4, 0.5) is 0 Å². The molecule has 0 aromatic heterocycles. The highest BCUT2D eigenvalue weighted by atomic mass is 32.2. The number of amides is 2. The van der Waals surface area contributed by atoms with E-state index in [1.54, 1.807) is 0 Å². The maximum atomic E-state index is 12.6. The molecule has 0 saturated carbocycles. The lowest BCUT2D eigenvalue weighted by molar-refractivity contribution is -0.131. The number of nitrogens with one attached hydrogen (secondary N) is 1. The van der Waals surface area contributed by atoms with E-state index in [1.165, 1.54) is 28.3 Å². The van der Waals surface area contributed by atoms with Crippen LogP contribution in [-0.2, 0) is 20.8 Å². The van der Waals surface area contributed by atoms with E-state index in [-0.39, 0.29) is 35.9 Å². The maximum Gasteiger partial charge on any atom is 0.240 e. The summed E-state index contributed by atoms with van der Waals surface area (Å²) < 4.78 is 0. The molecule has 1 aromatic rings. The number of aryl methyl sites for hydroxylation is 1. The minimum Gasteiger partial charge on any atom is -0.348 e. The summed E-state index contributed by atoms with van der Waals surface area (Å²) in [5.41, 5.74) is 1.93. The number of ketones is 1. The molecule has 1 aliphatic heterocycles. The third-order valence-corrected chi connectivity index (χ3v) is 5.94. The molecule has 1 atom stereocenters. The Morgan fingerprint density at radius 3 is 2.78 bits per heavy atom. The van der Waals surface area contributed by atoms with Crippen molar-refractivity contribution in [3.63, 3.8) is 0 Å². The SMILES string of the molecule is CC(C)(C)C(=O)/C=C1\SCC(=O)N1CC(=O)N[C@H]1CCCc2ccccc21. The molecule has 5 nitrogen and oxygen atoms in total. The fourth-order valence-corrected chi connectivity index (χ4v) is 4.26. The summed E-state index contributed by atoms with van der Waals surface area (Å²) in [5, 5.41) is 3.64. The van der Waals surface area contributed by atoms with Gasteiger partial charge in [0.2, 0.25) is 11.8 Å². The van der Waals surface area contributed by atoms with Crippen LogP contribution in [0.1, 0.15) is 50.8 Å². The minimum atomic E-state index is -0.515. The van der Waals surface area contributed by atoms with Gasteiger partial charge in [-0.25, -0.2) is 0 Å². The summed E-state index contributed by atoms with van der Waals surface area (Å²) >= 11 is 1.32. The van der Waals surface area contributed by atoms with E-state index in [0.717, 1.165) is 24.8 Å². The molecule has 0 unspecified atom stereocenters.